The fourth-order valence-corrected chi connectivity index (χ4v) is 2.66. The number of rotatable bonds is 4. The number of anilines is 1. The summed E-state index contributed by atoms with van der Waals surface area (Å²) in [6.45, 7) is 5.05. The van der Waals surface area contributed by atoms with Gasteiger partial charge in [-0.1, -0.05) is 19.1 Å². The zero-order valence-electron chi connectivity index (χ0n) is 11.6. The first-order valence-corrected chi connectivity index (χ1v) is 7.45. The van der Waals surface area contributed by atoms with E-state index < -0.39 is 0 Å². The summed E-state index contributed by atoms with van der Waals surface area (Å²) in [4.78, 5) is 4.52. The number of fused-ring (bicyclic) bond motifs is 1. The van der Waals surface area contributed by atoms with E-state index >= 15 is 0 Å². The topological polar surface area (TPSA) is 50.7 Å². The molecule has 0 saturated carbocycles. The van der Waals surface area contributed by atoms with E-state index in [9.17, 15) is 0 Å². The van der Waals surface area contributed by atoms with Crippen LogP contribution in [0.4, 0.5) is 5.82 Å². The minimum Gasteiger partial charge on any atom is -0.367 e. The van der Waals surface area contributed by atoms with Crippen molar-refractivity contribution >= 4 is 28.4 Å². The predicted octanol–water partition coefficient (Wildman–Crippen LogP) is 3.88. The van der Waals surface area contributed by atoms with Crippen molar-refractivity contribution in [1.29, 1.82) is 0 Å². The lowest BCUT2D eigenvalue weighted by Gasteiger charge is -2.05. The van der Waals surface area contributed by atoms with Crippen LogP contribution >= 0.6 is 11.7 Å². The molecule has 0 saturated heterocycles. The molecule has 1 N–H and O–H groups in total. The first-order valence-electron chi connectivity index (χ1n) is 6.72. The van der Waals surface area contributed by atoms with Gasteiger partial charge in [0, 0.05) is 23.2 Å². The summed E-state index contributed by atoms with van der Waals surface area (Å²) in [7, 11) is 0. The Bertz CT molecular complexity index is 736. The summed E-state index contributed by atoms with van der Waals surface area (Å²) in [5.41, 5.74) is 4.05. The van der Waals surface area contributed by atoms with Gasteiger partial charge in [-0.2, -0.15) is 8.75 Å². The van der Waals surface area contributed by atoms with Gasteiger partial charge in [0.25, 0.3) is 0 Å². The molecule has 102 valence electrons. The number of pyridine rings is 1. The van der Waals surface area contributed by atoms with Crippen LogP contribution in [0.1, 0.15) is 19.0 Å². The first-order chi connectivity index (χ1) is 9.78. The van der Waals surface area contributed by atoms with E-state index in [1.54, 1.807) is 0 Å². The molecule has 0 radical (unpaired) electrons. The van der Waals surface area contributed by atoms with Crippen LogP contribution in [-0.4, -0.2) is 20.3 Å². The Morgan fingerprint density at radius 1 is 1.15 bits per heavy atom. The van der Waals surface area contributed by atoms with E-state index in [0.29, 0.717) is 0 Å². The molecule has 0 aliphatic carbocycles. The van der Waals surface area contributed by atoms with Gasteiger partial charge in [-0.3, -0.25) is 4.98 Å². The van der Waals surface area contributed by atoms with Crippen LogP contribution in [0.3, 0.4) is 0 Å². The summed E-state index contributed by atoms with van der Waals surface area (Å²) in [5.74, 6) is 0.872. The number of nitrogens with one attached hydrogen (secondary N) is 1. The maximum Gasteiger partial charge on any atom is 0.168 e. The van der Waals surface area contributed by atoms with E-state index in [0.717, 1.165) is 46.6 Å². The van der Waals surface area contributed by atoms with Crippen molar-refractivity contribution in [2.24, 2.45) is 0 Å². The fraction of sp³-hybridized carbons (Fsp3) is 0.267. The van der Waals surface area contributed by atoms with E-state index in [1.807, 2.05) is 19.1 Å². The largest absolute Gasteiger partial charge is 0.367 e. The third kappa shape index (κ3) is 2.49. The molecule has 0 unspecified atom stereocenters. The van der Waals surface area contributed by atoms with Crippen LogP contribution in [0.25, 0.3) is 22.2 Å². The Balaban J connectivity index is 2.02. The fourth-order valence-electron chi connectivity index (χ4n) is 2.11. The van der Waals surface area contributed by atoms with E-state index in [4.69, 9.17) is 0 Å². The standard InChI is InChI=1S/C15H16N4S/c1-3-8-16-15-14(18-20-19-15)12-6-7-13-11(9-12)5-4-10(2)17-13/h4-7,9H,3,8H2,1-2H3,(H,16,19). The lowest BCUT2D eigenvalue weighted by molar-refractivity contribution is 0.974. The van der Waals surface area contributed by atoms with Crippen molar-refractivity contribution in [3.63, 3.8) is 0 Å². The summed E-state index contributed by atoms with van der Waals surface area (Å²) in [5, 5.41) is 4.45. The normalized spacial score (nSPS) is 10.9. The number of nitrogens with zero attached hydrogens (tertiary/aromatic N) is 3. The quantitative estimate of drug-likeness (QED) is 0.790. The van der Waals surface area contributed by atoms with E-state index in [-0.39, 0.29) is 0 Å². The second kappa shape index (κ2) is 5.54. The van der Waals surface area contributed by atoms with Gasteiger partial charge in [0.1, 0.15) is 5.69 Å². The molecule has 20 heavy (non-hydrogen) atoms. The molecule has 0 fully saturated rings. The van der Waals surface area contributed by atoms with Gasteiger partial charge in [-0.15, -0.1) is 0 Å². The molecule has 2 heterocycles. The van der Waals surface area contributed by atoms with E-state index in [1.165, 1.54) is 11.7 Å². The van der Waals surface area contributed by atoms with Gasteiger partial charge in [0.05, 0.1) is 17.2 Å². The van der Waals surface area contributed by atoms with Gasteiger partial charge in [-0.05, 0) is 31.5 Å². The molecule has 0 atom stereocenters. The van der Waals surface area contributed by atoms with Crippen molar-refractivity contribution in [3.05, 3.63) is 36.0 Å². The highest BCUT2D eigenvalue weighted by Crippen LogP contribution is 2.28. The predicted molar refractivity (Wildman–Crippen MR) is 84.2 cm³/mol. The molecule has 4 nitrogen and oxygen atoms in total. The maximum absolute atomic E-state index is 4.52. The molecular formula is C15H16N4S. The molecule has 2 aromatic heterocycles. The number of benzene rings is 1. The average Bonchev–Trinajstić information content (AvgIpc) is 2.93. The van der Waals surface area contributed by atoms with Gasteiger partial charge in [0.2, 0.25) is 0 Å². The molecule has 3 aromatic rings. The first kappa shape index (κ1) is 13.0. The lowest BCUT2D eigenvalue weighted by Crippen LogP contribution is -2.01. The molecule has 0 spiro atoms. The van der Waals surface area contributed by atoms with Crippen LogP contribution in [-0.2, 0) is 0 Å². The highest BCUT2D eigenvalue weighted by Gasteiger charge is 2.10. The molecule has 5 heteroatoms. The Morgan fingerprint density at radius 3 is 2.90 bits per heavy atom. The molecule has 0 aliphatic rings. The Hall–Kier alpha value is -2.01. The maximum atomic E-state index is 4.52. The Morgan fingerprint density at radius 2 is 2.05 bits per heavy atom. The third-order valence-electron chi connectivity index (χ3n) is 3.13. The van der Waals surface area contributed by atoms with Gasteiger partial charge >= 0.3 is 0 Å². The summed E-state index contributed by atoms with van der Waals surface area (Å²) in [6.07, 6.45) is 1.07. The van der Waals surface area contributed by atoms with Crippen molar-refractivity contribution in [1.82, 2.24) is 13.7 Å². The van der Waals surface area contributed by atoms with Crippen LogP contribution in [0.5, 0.6) is 0 Å². The zero-order valence-corrected chi connectivity index (χ0v) is 12.4. The Labute approximate surface area is 122 Å². The van der Waals surface area contributed by atoms with Crippen LogP contribution in [0.2, 0.25) is 0 Å². The van der Waals surface area contributed by atoms with Gasteiger partial charge in [-0.25, -0.2) is 0 Å². The lowest BCUT2D eigenvalue weighted by atomic mass is 10.1. The summed E-state index contributed by atoms with van der Waals surface area (Å²) >= 11 is 1.24. The smallest absolute Gasteiger partial charge is 0.168 e. The van der Waals surface area contributed by atoms with Gasteiger partial charge < -0.3 is 5.32 Å². The number of hydrogen-bond donors (Lipinski definition) is 1. The summed E-state index contributed by atoms with van der Waals surface area (Å²) < 4.78 is 8.74. The molecule has 0 bridgehead atoms. The third-order valence-corrected chi connectivity index (χ3v) is 3.66. The zero-order chi connectivity index (χ0) is 13.9. The van der Waals surface area contributed by atoms with Crippen molar-refractivity contribution < 1.29 is 0 Å². The highest BCUT2D eigenvalue weighted by atomic mass is 32.1. The number of aromatic nitrogens is 3. The van der Waals surface area contributed by atoms with Crippen molar-refractivity contribution in [2.45, 2.75) is 20.3 Å². The van der Waals surface area contributed by atoms with E-state index in [2.05, 4.69) is 44.2 Å². The molecule has 0 amide bonds. The number of aryl methyl sites for hydroxylation is 1. The molecular weight excluding hydrogens is 268 g/mol. The monoisotopic (exact) mass is 284 g/mol. The average molecular weight is 284 g/mol. The molecule has 1 aromatic carbocycles. The van der Waals surface area contributed by atoms with Crippen LogP contribution < -0.4 is 5.32 Å². The van der Waals surface area contributed by atoms with Crippen molar-refractivity contribution in [3.8, 4) is 11.3 Å². The number of hydrogen-bond acceptors (Lipinski definition) is 5. The summed E-state index contributed by atoms with van der Waals surface area (Å²) in [6, 6.07) is 10.3. The SMILES string of the molecule is CCCNc1nsnc1-c1ccc2nc(C)ccc2c1. The highest BCUT2D eigenvalue weighted by molar-refractivity contribution is 6.99. The molecule has 3 rings (SSSR count). The minimum absolute atomic E-state index is 0.872. The minimum atomic E-state index is 0.872. The second-order valence-corrected chi connectivity index (χ2v) is 5.28. The van der Waals surface area contributed by atoms with Gasteiger partial charge in [0.15, 0.2) is 5.82 Å². The van der Waals surface area contributed by atoms with Crippen LogP contribution in [0, 0.1) is 6.92 Å². The van der Waals surface area contributed by atoms with Crippen LogP contribution in [0.15, 0.2) is 30.3 Å². The van der Waals surface area contributed by atoms with Crippen molar-refractivity contribution in [2.75, 3.05) is 11.9 Å². The molecule has 0 aliphatic heterocycles. The Kier molecular flexibility index (Phi) is 3.60. The second-order valence-electron chi connectivity index (χ2n) is 4.75.